The van der Waals surface area contributed by atoms with Gasteiger partial charge < -0.3 is 14.5 Å². The van der Waals surface area contributed by atoms with Gasteiger partial charge in [-0.15, -0.1) is 0 Å². The first-order valence-electron chi connectivity index (χ1n) is 7.46. The zero-order valence-corrected chi connectivity index (χ0v) is 12.2. The molecule has 0 saturated carbocycles. The summed E-state index contributed by atoms with van der Waals surface area (Å²) in [5.74, 6) is -0.372. The number of halogens is 1. The minimum absolute atomic E-state index is 0.0457. The molecule has 1 unspecified atom stereocenters. The van der Waals surface area contributed by atoms with Crippen molar-refractivity contribution in [1.29, 1.82) is 0 Å². The van der Waals surface area contributed by atoms with Crippen LogP contribution in [0, 0.1) is 5.95 Å². The molecule has 0 aromatic carbocycles. The standard InChI is InChI=1S/C15H18FN3O3/c16-12-3-1-4-13(17-12)22-11-6-8-19(9-11)15(21)10-18-7-2-5-14(18)20/h1,3-4,11H,2,5-10H2. The van der Waals surface area contributed by atoms with Crippen molar-refractivity contribution >= 4 is 11.8 Å². The van der Waals surface area contributed by atoms with E-state index in [4.69, 9.17) is 4.74 Å². The molecule has 6 nitrogen and oxygen atoms in total. The quantitative estimate of drug-likeness (QED) is 0.773. The van der Waals surface area contributed by atoms with Crippen LogP contribution in [0.3, 0.4) is 0 Å². The van der Waals surface area contributed by atoms with E-state index in [1.165, 1.54) is 12.1 Å². The molecule has 3 heterocycles. The van der Waals surface area contributed by atoms with Gasteiger partial charge in [0.05, 0.1) is 13.1 Å². The maximum Gasteiger partial charge on any atom is 0.242 e. The molecule has 0 spiro atoms. The first-order chi connectivity index (χ1) is 10.6. The summed E-state index contributed by atoms with van der Waals surface area (Å²) in [7, 11) is 0. The number of pyridine rings is 1. The highest BCUT2D eigenvalue weighted by atomic mass is 19.1. The van der Waals surface area contributed by atoms with Gasteiger partial charge in [0, 0.05) is 32.0 Å². The van der Waals surface area contributed by atoms with Crippen molar-refractivity contribution < 1.29 is 18.7 Å². The van der Waals surface area contributed by atoms with E-state index in [9.17, 15) is 14.0 Å². The Balaban J connectivity index is 1.51. The maximum atomic E-state index is 13.0. The highest BCUT2D eigenvalue weighted by molar-refractivity contribution is 5.86. The van der Waals surface area contributed by atoms with Gasteiger partial charge in [-0.25, -0.2) is 0 Å². The van der Waals surface area contributed by atoms with Crippen LogP contribution < -0.4 is 4.74 Å². The summed E-state index contributed by atoms with van der Waals surface area (Å²) >= 11 is 0. The SMILES string of the molecule is O=C1CCCN1CC(=O)N1CCC(Oc2cccc(F)n2)C1. The highest BCUT2D eigenvalue weighted by Crippen LogP contribution is 2.18. The van der Waals surface area contributed by atoms with E-state index in [1.54, 1.807) is 15.9 Å². The second-order valence-electron chi connectivity index (χ2n) is 5.59. The van der Waals surface area contributed by atoms with Crippen LogP contribution in [-0.4, -0.2) is 58.9 Å². The molecule has 2 aliphatic rings. The van der Waals surface area contributed by atoms with Crippen molar-refractivity contribution in [2.45, 2.75) is 25.4 Å². The fourth-order valence-electron chi connectivity index (χ4n) is 2.81. The van der Waals surface area contributed by atoms with E-state index in [0.717, 1.165) is 6.42 Å². The van der Waals surface area contributed by atoms with Crippen molar-refractivity contribution in [1.82, 2.24) is 14.8 Å². The van der Waals surface area contributed by atoms with Crippen molar-refractivity contribution in [2.24, 2.45) is 0 Å². The number of hydrogen-bond donors (Lipinski definition) is 0. The van der Waals surface area contributed by atoms with E-state index < -0.39 is 5.95 Å². The second kappa shape index (κ2) is 6.29. The van der Waals surface area contributed by atoms with Crippen molar-refractivity contribution in [3.63, 3.8) is 0 Å². The van der Waals surface area contributed by atoms with E-state index in [1.807, 2.05) is 0 Å². The number of likely N-dealkylation sites (tertiary alicyclic amines) is 2. The molecule has 3 rings (SSSR count). The number of aromatic nitrogens is 1. The van der Waals surface area contributed by atoms with Gasteiger partial charge in [-0.05, 0) is 12.5 Å². The number of hydrogen-bond acceptors (Lipinski definition) is 4. The minimum Gasteiger partial charge on any atom is -0.472 e. The second-order valence-corrected chi connectivity index (χ2v) is 5.59. The fraction of sp³-hybridized carbons (Fsp3) is 0.533. The smallest absolute Gasteiger partial charge is 0.242 e. The summed E-state index contributed by atoms with van der Waals surface area (Å²) in [6.45, 7) is 1.83. The third kappa shape index (κ3) is 3.35. The number of carbonyl (C=O) groups excluding carboxylic acids is 2. The zero-order valence-electron chi connectivity index (χ0n) is 12.2. The van der Waals surface area contributed by atoms with Crippen LogP contribution in [0.25, 0.3) is 0 Å². The lowest BCUT2D eigenvalue weighted by molar-refractivity contribution is -0.137. The molecule has 0 N–H and O–H groups in total. The number of nitrogens with zero attached hydrogens (tertiary/aromatic N) is 3. The molecule has 7 heteroatoms. The first kappa shape index (κ1) is 14.7. The third-order valence-corrected chi connectivity index (χ3v) is 3.97. The molecule has 2 aliphatic heterocycles. The van der Waals surface area contributed by atoms with Gasteiger partial charge in [0.25, 0.3) is 0 Å². The maximum absolute atomic E-state index is 13.0. The lowest BCUT2D eigenvalue weighted by atomic mass is 10.3. The molecule has 118 valence electrons. The molecule has 2 saturated heterocycles. The van der Waals surface area contributed by atoms with Gasteiger partial charge in [0.15, 0.2) is 0 Å². The Morgan fingerprint density at radius 2 is 2.27 bits per heavy atom. The lowest BCUT2D eigenvalue weighted by Gasteiger charge is -2.21. The molecular weight excluding hydrogens is 289 g/mol. The monoisotopic (exact) mass is 307 g/mol. The van der Waals surface area contributed by atoms with E-state index in [-0.39, 0.29) is 30.3 Å². The molecule has 2 amide bonds. The van der Waals surface area contributed by atoms with E-state index >= 15 is 0 Å². The normalized spacial score (nSPS) is 21.5. The Bertz CT molecular complexity index is 581. The number of rotatable bonds is 4. The Labute approximate surface area is 127 Å². The van der Waals surface area contributed by atoms with Gasteiger partial charge in [-0.2, -0.15) is 9.37 Å². The predicted molar refractivity (Wildman–Crippen MR) is 75.6 cm³/mol. The molecular formula is C15H18FN3O3. The minimum atomic E-state index is -0.587. The van der Waals surface area contributed by atoms with Gasteiger partial charge in [-0.3, -0.25) is 9.59 Å². The molecule has 0 aliphatic carbocycles. The topological polar surface area (TPSA) is 62.7 Å². The summed E-state index contributed by atoms with van der Waals surface area (Å²) in [5, 5.41) is 0. The predicted octanol–water partition coefficient (Wildman–Crippen LogP) is 0.823. The van der Waals surface area contributed by atoms with Crippen molar-refractivity contribution in [2.75, 3.05) is 26.2 Å². The molecule has 22 heavy (non-hydrogen) atoms. The zero-order chi connectivity index (χ0) is 15.5. The van der Waals surface area contributed by atoms with E-state index in [2.05, 4.69) is 4.98 Å². The average Bonchev–Trinajstić information content (AvgIpc) is 3.09. The number of carbonyl (C=O) groups is 2. The number of amides is 2. The van der Waals surface area contributed by atoms with Crippen molar-refractivity contribution in [3.05, 3.63) is 24.1 Å². The molecule has 0 bridgehead atoms. The van der Waals surface area contributed by atoms with Crippen LogP contribution >= 0.6 is 0 Å². The molecule has 2 fully saturated rings. The average molecular weight is 307 g/mol. The molecule has 1 atom stereocenters. The van der Waals surface area contributed by atoms with Crippen LogP contribution in [0.15, 0.2) is 18.2 Å². The summed E-state index contributed by atoms with van der Waals surface area (Å²) in [6.07, 6.45) is 1.85. The summed E-state index contributed by atoms with van der Waals surface area (Å²) in [5.41, 5.74) is 0. The third-order valence-electron chi connectivity index (χ3n) is 3.97. The Hall–Kier alpha value is -2.18. The largest absolute Gasteiger partial charge is 0.472 e. The Morgan fingerprint density at radius 3 is 3.00 bits per heavy atom. The highest BCUT2D eigenvalue weighted by Gasteiger charge is 2.30. The van der Waals surface area contributed by atoms with Gasteiger partial charge in [-0.1, -0.05) is 6.07 Å². The van der Waals surface area contributed by atoms with Gasteiger partial charge in [0.1, 0.15) is 6.10 Å². The summed E-state index contributed by atoms with van der Waals surface area (Å²) in [6, 6.07) is 4.38. The molecule has 1 aromatic heterocycles. The lowest BCUT2D eigenvalue weighted by Crippen LogP contribution is -2.40. The van der Waals surface area contributed by atoms with E-state index in [0.29, 0.717) is 32.5 Å². The van der Waals surface area contributed by atoms with Crippen LogP contribution in [0.1, 0.15) is 19.3 Å². The Morgan fingerprint density at radius 1 is 1.41 bits per heavy atom. The van der Waals surface area contributed by atoms with Crippen LogP contribution in [0.2, 0.25) is 0 Å². The van der Waals surface area contributed by atoms with Crippen molar-refractivity contribution in [3.8, 4) is 5.88 Å². The fourth-order valence-corrected chi connectivity index (χ4v) is 2.81. The summed E-state index contributed by atoms with van der Waals surface area (Å²) < 4.78 is 18.6. The molecule has 1 aromatic rings. The van der Waals surface area contributed by atoms with Crippen LogP contribution in [0.5, 0.6) is 5.88 Å². The molecule has 0 radical (unpaired) electrons. The van der Waals surface area contributed by atoms with Crippen LogP contribution in [-0.2, 0) is 9.59 Å². The van der Waals surface area contributed by atoms with Gasteiger partial charge in [0.2, 0.25) is 23.6 Å². The summed E-state index contributed by atoms with van der Waals surface area (Å²) in [4.78, 5) is 30.7. The van der Waals surface area contributed by atoms with Gasteiger partial charge >= 0.3 is 0 Å². The first-order valence-corrected chi connectivity index (χ1v) is 7.46. The number of ether oxygens (including phenoxy) is 1. The van der Waals surface area contributed by atoms with Crippen LogP contribution in [0.4, 0.5) is 4.39 Å². The Kier molecular flexibility index (Phi) is 4.22.